The quantitative estimate of drug-likeness (QED) is 0.128. The molecular formula is C44H53N3O8S. The first-order chi connectivity index (χ1) is 26.7. The molecule has 56 heavy (non-hydrogen) atoms. The molecule has 0 aromatic heterocycles. The number of aliphatic hydroxyl groups is 1. The highest BCUT2D eigenvalue weighted by Crippen LogP contribution is 2.42. The number of amides is 1. The van der Waals surface area contributed by atoms with E-state index in [2.05, 4.69) is 21.9 Å². The van der Waals surface area contributed by atoms with Gasteiger partial charge in [0.15, 0.2) is 6.29 Å². The minimum atomic E-state index is -4.01. The lowest BCUT2D eigenvalue weighted by atomic mass is 9.90. The van der Waals surface area contributed by atoms with Gasteiger partial charge in [-0.1, -0.05) is 91.3 Å². The molecule has 2 fully saturated rings. The van der Waals surface area contributed by atoms with Gasteiger partial charge in [-0.15, -0.1) is 0 Å². The van der Waals surface area contributed by atoms with Crippen LogP contribution in [0, 0.1) is 12.8 Å². The van der Waals surface area contributed by atoms with E-state index in [4.69, 9.17) is 14.2 Å². The van der Waals surface area contributed by atoms with Crippen LogP contribution in [0.4, 0.5) is 5.69 Å². The third kappa shape index (κ3) is 10.5. The van der Waals surface area contributed by atoms with Crippen molar-refractivity contribution < 1.29 is 37.3 Å². The fraction of sp³-hybridized carbons (Fsp3) is 0.409. The number of esters is 1. The smallest absolute Gasteiger partial charge is 0.323 e. The predicted octanol–water partition coefficient (Wildman–Crippen LogP) is 6.61. The van der Waals surface area contributed by atoms with Crippen LogP contribution in [0.2, 0.25) is 0 Å². The summed E-state index contributed by atoms with van der Waals surface area (Å²) in [5, 5.41) is 12.5. The lowest BCUT2D eigenvalue weighted by molar-refractivity contribution is -0.276. The number of likely N-dealkylation sites (tertiary alicyclic amines) is 1. The van der Waals surface area contributed by atoms with Crippen molar-refractivity contribution in [2.75, 3.05) is 18.4 Å². The molecular weight excluding hydrogens is 731 g/mol. The summed E-state index contributed by atoms with van der Waals surface area (Å²) in [5.41, 5.74) is 4.07. The Labute approximate surface area is 330 Å². The minimum absolute atomic E-state index is 0.0642. The third-order valence-electron chi connectivity index (χ3n) is 10.3. The van der Waals surface area contributed by atoms with Crippen LogP contribution in [0.5, 0.6) is 0 Å². The first kappa shape index (κ1) is 41.2. The maximum atomic E-state index is 13.8. The van der Waals surface area contributed by atoms with Crippen LogP contribution in [-0.4, -0.2) is 67.2 Å². The fourth-order valence-electron chi connectivity index (χ4n) is 7.20. The van der Waals surface area contributed by atoms with Crippen LogP contribution < -0.4 is 10.0 Å². The average Bonchev–Trinajstić information content (AvgIpc) is 3.64. The second-order valence-corrected chi connectivity index (χ2v) is 17.5. The topological polar surface area (TPSA) is 144 Å². The molecule has 0 saturated carbocycles. The fourth-order valence-corrected chi connectivity index (χ4v) is 8.40. The summed E-state index contributed by atoms with van der Waals surface area (Å²) in [6, 6.07) is 29.1. The van der Waals surface area contributed by atoms with Crippen LogP contribution in [0.3, 0.4) is 0 Å². The van der Waals surface area contributed by atoms with Crippen molar-refractivity contribution in [1.29, 1.82) is 0 Å². The number of sulfonamides is 1. The standard InChI is InChI=1S/C44H53N3O8S/c1-29-13-23-36(24-14-29)56(51,52)46-37(26-31-10-7-6-8-11-31)41(49)45-35-21-19-34(20-22-35)43-53-39(27-47-25-9-12-38(47)42(50)55-44(3,4)5)30(2)40(54-43)33-17-15-32(28-48)16-18-33/h6-8,10-11,13-24,30,37-40,43,46,48H,9,12,25-28H2,1-5H3,(H,45,49)/t30-,37-,38+,39+,40+,43+/m1/s1. The molecule has 0 aliphatic carbocycles. The summed E-state index contributed by atoms with van der Waals surface area (Å²) in [5.74, 6) is -0.822. The van der Waals surface area contributed by atoms with E-state index in [0.717, 1.165) is 47.2 Å². The van der Waals surface area contributed by atoms with Gasteiger partial charge in [-0.05, 0) is 94.5 Å². The maximum Gasteiger partial charge on any atom is 0.323 e. The Hall–Kier alpha value is -4.43. The molecule has 2 saturated heterocycles. The zero-order chi connectivity index (χ0) is 40.0. The molecule has 4 aromatic carbocycles. The summed E-state index contributed by atoms with van der Waals surface area (Å²) >= 11 is 0. The number of aliphatic hydroxyl groups excluding tert-OH is 1. The van der Waals surface area contributed by atoms with E-state index < -0.39 is 33.9 Å². The lowest BCUT2D eigenvalue weighted by Crippen LogP contribution is -2.48. The summed E-state index contributed by atoms with van der Waals surface area (Å²) < 4.78 is 48.5. The SMILES string of the molecule is Cc1ccc(S(=O)(=O)N[C@H](Cc2ccccc2)C(=O)Nc2ccc([C@H]3O[C@@H](CN4CCC[C@H]4C(=O)OC(C)(C)C)[C@@H](C)[C@@H](c4ccc(CO)cc4)O3)cc2)cc1. The largest absolute Gasteiger partial charge is 0.459 e. The van der Waals surface area contributed by atoms with Crippen LogP contribution >= 0.6 is 0 Å². The van der Waals surface area contributed by atoms with Crippen molar-refractivity contribution in [3.05, 3.63) is 131 Å². The third-order valence-corrected chi connectivity index (χ3v) is 11.7. The predicted molar refractivity (Wildman–Crippen MR) is 214 cm³/mol. The number of nitrogens with zero attached hydrogens (tertiary/aromatic N) is 1. The van der Waals surface area contributed by atoms with E-state index in [9.17, 15) is 23.1 Å². The molecule has 0 radical (unpaired) electrons. The van der Waals surface area contributed by atoms with E-state index in [0.29, 0.717) is 12.2 Å². The van der Waals surface area contributed by atoms with Gasteiger partial charge < -0.3 is 24.6 Å². The first-order valence-corrected chi connectivity index (χ1v) is 20.7. The summed E-state index contributed by atoms with van der Waals surface area (Å²) in [6.07, 6.45) is 0.315. The van der Waals surface area contributed by atoms with Crippen LogP contribution in [0.1, 0.15) is 80.7 Å². The van der Waals surface area contributed by atoms with Gasteiger partial charge in [-0.25, -0.2) is 8.42 Å². The van der Waals surface area contributed by atoms with Crippen LogP contribution in [0.25, 0.3) is 0 Å². The highest BCUT2D eigenvalue weighted by molar-refractivity contribution is 7.89. The Morgan fingerprint density at radius 1 is 0.893 bits per heavy atom. The molecule has 3 N–H and O–H groups in total. The maximum absolute atomic E-state index is 13.8. The summed E-state index contributed by atoms with van der Waals surface area (Å²) in [7, 11) is -4.01. The Kier molecular flexibility index (Phi) is 13.1. The van der Waals surface area contributed by atoms with Crippen LogP contribution in [0.15, 0.2) is 108 Å². The Morgan fingerprint density at radius 3 is 2.20 bits per heavy atom. The molecule has 12 heteroatoms. The van der Waals surface area contributed by atoms with E-state index >= 15 is 0 Å². The molecule has 11 nitrogen and oxygen atoms in total. The monoisotopic (exact) mass is 783 g/mol. The number of aryl methyl sites for hydroxylation is 1. The van der Waals surface area contributed by atoms with Crippen molar-refractivity contribution in [2.45, 2.75) is 102 Å². The first-order valence-electron chi connectivity index (χ1n) is 19.2. The molecule has 6 rings (SSSR count). The highest BCUT2D eigenvalue weighted by Gasteiger charge is 2.42. The molecule has 0 spiro atoms. The normalized spacial score (nSPS) is 22.4. The number of rotatable bonds is 13. The van der Waals surface area contributed by atoms with Gasteiger partial charge in [0, 0.05) is 23.7 Å². The number of carbonyl (C=O) groups is 2. The van der Waals surface area contributed by atoms with Gasteiger partial charge in [0.1, 0.15) is 17.7 Å². The van der Waals surface area contributed by atoms with Gasteiger partial charge in [0.25, 0.3) is 0 Å². The zero-order valence-electron chi connectivity index (χ0n) is 32.7. The van der Waals surface area contributed by atoms with Gasteiger partial charge in [-0.2, -0.15) is 4.72 Å². The van der Waals surface area contributed by atoms with Crippen molar-refractivity contribution >= 4 is 27.6 Å². The van der Waals surface area contributed by atoms with Gasteiger partial charge in [0.2, 0.25) is 15.9 Å². The highest BCUT2D eigenvalue weighted by atomic mass is 32.2. The number of hydrogen-bond donors (Lipinski definition) is 3. The molecule has 2 heterocycles. The molecule has 298 valence electrons. The summed E-state index contributed by atoms with van der Waals surface area (Å²) in [6.45, 7) is 10.8. The van der Waals surface area contributed by atoms with Crippen molar-refractivity contribution in [3.8, 4) is 0 Å². The molecule has 6 atom stereocenters. The van der Waals surface area contributed by atoms with E-state index in [1.54, 1.807) is 24.3 Å². The minimum Gasteiger partial charge on any atom is -0.459 e. The Bertz CT molecular complexity index is 2040. The van der Waals surface area contributed by atoms with Crippen molar-refractivity contribution in [2.24, 2.45) is 5.92 Å². The molecule has 4 aromatic rings. The number of nitrogens with one attached hydrogen (secondary N) is 2. The number of anilines is 1. The second kappa shape index (κ2) is 17.8. The van der Waals surface area contributed by atoms with E-state index in [1.165, 1.54) is 12.1 Å². The molecule has 0 bridgehead atoms. The molecule has 2 aliphatic rings. The molecule has 1 amide bonds. The van der Waals surface area contributed by atoms with Gasteiger partial charge in [-0.3, -0.25) is 14.5 Å². The molecule has 0 unspecified atom stereocenters. The van der Waals surface area contributed by atoms with Gasteiger partial charge >= 0.3 is 5.97 Å². The molecule has 2 aliphatic heterocycles. The number of hydrogen-bond acceptors (Lipinski definition) is 9. The number of benzene rings is 4. The van der Waals surface area contributed by atoms with Crippen molar-refractivity contribution in [1.82, 2.24) is 9.62 Å². The summed E-state index contributed by atoms with van der Waals surface area (Å²) in [4.78, 5) is 29.2. The van der Waals surface area contributed by atoms with Crippen molar-refractivity contribution in [3.63, 3.8) is 0 Å². The Balaban J connectivity index is 1.21. The average molecular weight is 784 g/mol. The lowest BCUT2D eigenvalue weighted by Gasteiger charge is -2.43. The van der Waals surface area contributed by atoms with Crippen LogP contribution in [-0.2, 0) is 46.9 Å². The van der Waals surface area contributed by atoms with Gasteiger partial charge in [0.05, 0.1) is 23.7 Å². The van der Waals surface area contributed by atoms with E-state index in [1.807, 2.05) is 94.4 Å². The Morgan fingerprint density at radius 2 is 1.55 bits per heavy atom. The van der Waals surface area contributed by atoms with E-state index in [-0.39, 0.29) is 48.1 Å². The zero-order valence-corrected chi connectivity index (χ0v) is 33.5. The second-order valence-electron chi connectivity index (χ2n) is 15.8. The number of carbonyl (C=O) groups excluding carboxylic acids is 2. The number of ether oxygens (including phenoxy) is 3.